The maximum absolute atomic E-state index is 14.6. The molecule has 2 N–H and O–H groups in total. The summed E-state index contributed by atoms with van der Waals surface area (Å²) in [5.74, 6) is 0.492. The van der Waals surface area contributed by atoms with Crippen LogP contribution in [0.25, 0.3) is 0 Å². The Morgan fingerprint density at radius 3 is 1.05 bits per heavy atom. The molecule has 2 aliphatic carbocycles. The van der Waals surface area contributed by atoms with Crippen molar-refractivity contribution >= 4 is 6.16 Å². The van der Waals surface area contributed by atoms with Crippen LogP contribution in [0.3, 0.4) is 0 Å². The molecule has 2 unspecified atom stereocenters. The molecule has 55 heavy (non-hydrogen) atoms. The number of ether oxygens (including phenoxy) is 6. The molecule has 0 amide bonds. The molecule has 10 aliphatic rings. The first kappa shape index (κ1) is 42.2. The van der Waals surface area contributed by atoms with Crippen LogP contribution in [0.5, 0.6) is 0 Å². The van der Waals surface area contributed by atoms with Gasteiger partial charge in [0, 0.05) is 47.8 Å². The smallest absolute Gasteiger partial charge is 0.430 e. The van der Waals surface area contributed by atoms with Gasteiger partial charge in [0.15, 0.2) is 11.6 Å². The van der Waals surface area contributed by atoms with Gasteiger partial charge in [0.2, 0.25) is 0 Å². The molecule has 8 aliphatic heterocycles. The molecule has 8 heterocycles. The molecule has 4 bridgehead atoms. The lowest BCUT2D eigenvalue weighted by Gasteiger charge is -2.58. The molecule has 0 aromatic carbocycles. The summed E-state index contributed by atoms with van der Waals surface area (Å²) in [5, 5.41) is 7.58. The van der Waals surface area contributed by atoms with Crippen molar-refractivity contribution < 1.29 is 33.2 Å². The van der Waals surface area contributed by atoms with Crippen molar-refractivity contribution in [3.05, 3.63) is 0 Å². The Bertz CT molecular complexity index is 1240. The molecule has 2 spiro atoms. The van der Waals surface area contributed by atoms with Crippen LogP contribution in [0, 0.1) is 39.9 Å². The van der Waals surface area contributed by atoms with E-state index >= 15 is 0 Å². The SMILES string of the molecule is CCC1(C2OC(=O)OC(C3(CC)COC4(CC(C)(C)NC(C)(C)C4)OC3)C3CCC(CC3)C(C)(C)C3CCC2CC3)COC2(CC(C)(C)NC(C)(C)C2)OC1. The molecule has 10 rings (SSSR count). The Morgan fingerprint density at radius 2 is 0.782 bits per heavy atom. The average Bonchev–Trinajstić information content (AvgIpc) is 3.08. The second-order valence-corrected chi connectivity index (χ2v) is 23.3. The Hall–Kier alpha value is -0.970. The molecular formula is C46H80N2O7. The van der Waals surface area contributed by atoms with Crippen molar-refractivity contribution in [1.82, 2.24) is 10.6 Å². The third kappa shape index (κ3) is 8.29. The van der Waals surface area contributed by atoms with Gasteiger partial charge in [-0.2, -0.15) is 0 Å². The van der Waals surface area contributed by atoms with Crippen LogP contribution in [0.4, 0.5) is 4.79 Å². The van der Waals surface area contributed by atoms with E-state index in [1.54, 1.807) is 0 Å². The molecule has 8 saturated heterocycles. The van der Waals surface area contributed by atoms with Crippen LogP contribution in [-0.2, 0) is 28.4 Å². The van der Waals surface area contributed by atoms with Crippen LogP contribution >= 0.6 is 0 Å². The van der Waals surface area contributed by atoms with Gasteiger partial charge >= 0.3 is 6.16 Å². The number of hydrogen-bond donors (Lipinski definition) is 2. The summed E-state index contributed by atoms with van der Waals surface area (Å²) in [4.78, 5) is 14.6. The molecule has 9 heteroatoms. The molecule has 316 valence electrons. The summed E-state index contributed by atoms with van der Waals surface area (Å²) in [7, 11) is 0. The van der Waals surface area contributed by atoms with Crippen molar-refractivity contribution in [2.75, 3.05) is 26.4 Å². The minimum absolute atomic E-state index is 0.125. The first-order valence-corrected chi connectivity index (χ1v) is 22.5. The normalized spacial score (nSPS) is 39.5. The van der Waals surface area contributed by atoms with Crippen LogP contribution < -0.4 is 10.6 Å². The number of piperidine rings is 2. The van der Waals surface area contributed by atoms with E-state index in [0.29, 0.717) is 38.3 Å². The molecule has 2 atom stereocenters. The second-order valence-electron chi connectivity index (χ2n) is 23.3. The zero-order chi connectivity index (χ0) is 39.9. The topological polar surface area (TPSA) is 96.5 Å². The Balaban J connectivity index is 1.18. The van der Waals surface area contributed by atoms with Crippen molar-refractivity contribution in [2.24, 2.45) is 39.9 Å². The van der Waals surface area contributed by atoms with Crippen molar-refractivity contribution in [2.45, 2.75) is 219 Å². The number of nitrogens with one attached hydrogen (secondary N) is 2. The van der Waals surface area contributed by atoms with Crippen molar-refractivity contribution in [3.8, 4) is 0 Å². The van der Waals surface area contributed by atoms with Gasteiger partial charge in [-0.15, -0.1) is 0 Å². The van der Waals surface area contributed by atoms with Gasteiger partial charge < -0.3 is 39.1 Å². The third-order valence-corrected chi connectivity index (χ3v) is 16.3. The van der Waals surface area contributed by atoms with Crippen LogP contribution in [0.1, 0.15) is 173 Å². The van der Waals surface area contributed by atoms with E-state index in [4.69, 9.17) is 28.4 Å². The van der Waals surface area contributed by atoms with E-state index in [9.17, 15) is 4.79 Å². The van der Waals surface area contributed by atoms with E-state index in [-0.39, 0.29) is 51.6 Å². The summed E-state index contributed by atoms with van der Waals surface area (Å²) in [6.07, 6.45) is 12.3. The van der Waals surface area contributed by atoms with E-state index in [1.165, 1.54) is 25.7 Å². The molecule has 2 saturated carbocycles. The summed E-state index contributed by atoms with van der Waals surface area (Å²) in [6.45, 7) is 29.5. The number of carbonyl (C=O) groups is 1. The highest BCUT2D eigenvalue weighted by Gasteiger charge is 2.60. The van der Waals surface area contributed by atoms with Gasteiger partial charge in [-0.1, -0.05) is 27.7 Å². The molecular weight excluding hydrogens is 693 g/mol. The first-order chi connectivity index (χ1) is 25.5. The van der Waals surface area contributed by atoms with Gasteiger partial charge in [-0.3, -0.25) is 0 Å². The zero-order valence-electron chi connectivity index (χ0n) is 37.0. The van der Waals surface area contributed by atoms with Crippen LogP contribution in [0.2, 0.25) is 0 Å². The van der Waals surface area contributed by atoms with Gasteiger partial charge in [0.25, 0.3) is 0 Å². The van der Waals surface area contributed by atoms with E-state index in [1.807, 2.05) is 0 Å². The molecule has 10 fully saturated rings. The predicted molar refractivity (Wildman–Crippen MR) is 216 cm³/mol. The Kier molecular flexibility index (Phi) is 11.0. The minimum Gasteiger partial charge on any atom is -0.430 e. The lowest BCUT2D eigenvalue weighted by Crippen LogP contribution is -2.68. The predicted octanol–water partition coefficient (Wildman–Crippen LogP) is 9.69. The van der Waals surface area contributed by atoms with Gasteiger partial charge in [-0.25, -0.2) is 4.79 Å². The van der Waals surface area contributed by atoms with Gasteiger partial charge in [0.05, 0.1) is 37.3 Å². The van der Waals surface area contributed by atoms with E-state index in [2.05, 4.69) is 93.7 Å². The number of rotatable bonds is 4. The minimum atomic E-state index is -0.657. The fraction of sp³-hybridized carbons (Fsp3) is 0.978. The van der Waals surface area contributed by atoms with Gasteiger partial charge in [-0.05, 0) is 149 Å². The molecule has 0 aromatic heterocycles. The monoisotopic (exact) mass is 773 g/mol. The molecule has 0 radical (unpaired) electrons. The summed E-state index contributed by atoms with van der Waals surface area (Å²) in [6, 6.07) is 0. The lowest BCUT2D eigenvalue weighted by atomic mass is 9.57. The number of carbonyl (C=O) groups excluding carboxylic acids is 1. The highest BCUT2D eigenvalue weighted by atomic mass is 16.7. The quantitative estimate of drug-likeness (QED) is 0.271. The highest BCUT2D eigenvalue weighted by Crippen LogP contribution is 2.56. The van der Waals surface area contributed by atoms with Crippen LogP contribution in [0.15, 0.2) is 0 Å². The van der Waals surface area contributed by atoms with Crippen molar-refractivity contribution in [3.63, 3.8) is 0 Å². The lowest BCUT2D eigenvalue weighted by molar-refractivity contribution is -0.345. The maximum atomic E-state index is 14.6. The first-order valence-electron chi connectivity index (χ1n) is 22.5. The number of hydrogen-bond acceptors (Lipinski definition) is 9. The highest BCUT2D eigenvalue weighted by molar-refractivity contribution is 5.61. The van der Waals surface area contributed by atoms with Crippen LogP contribution in [-0.4, -0.2) is 78.5 Å². The zero-order valence-corrected chi connectivity index (χ0v) is 37.0. The van der Waals surface area contributed by atoms with E-state index < -0.39 is 28.6 Å². The Morgan fingerprint density at radius 1 is 0.491 bits per heavy atom. The fourth-order valence-electron chi connectivity index (χ4n) is 14.0. The average molecular weight is 773 g/mol. The summed E-state index contributed by atoms with van der Waals surface area (Å²) < 4.78 is 41.5. The molecule has 9 nitrogen and oxygen atoms in total. The third-order valence-electron chi connectivity index (χ3n) is 16.3. The van der Waals surface area contributed by atoms with E-state index in [0.717, 1.165) is 64.2 Å². The Labute approximate surface area is 334 Å². The van der Waals surface area contributed by atoms with Gasteiger partial charge in [0.1, 0.15) is 12.2 Å². The molecule has 0 aromatic rings. The summed E-state index contributed by atoms with van der Waals surface area (Å²) in [5.41, 5.74) is -1.14. The summed E-state index contributed by atoms with van der Waals surface area (Å²) >= 11 is 0. The maximum Gasteiger partial charge on any atom is 0.508 e. The largest absolute Gasteiger partial charge is 0.508 e. The fourth-order valence-corrected chi connectivity index (χ4v) is 14.0. The van der Waals surface area contributed by atoms with Crippen molar-refractivity contribution in [1.29, 1.82) is 0 Å². The standard InChI is InChI=1S/C46H80N2O7/c1-13-43(27-50-45(51-28-43)23-38(3,4)47-39(5,6)24-45)35-31-15-19-33(20-16-31)42(11,12)34-21-17-32(18-22-34)36(55-37(49)54-35)44(14-2)29-52-46(53-30-44)25-40(7,8)48-41(9,10)26-46/h31-36,47-48H,13-30H2,1-12H3. The second kappa shape index (κ2) is 14.3.